The average Bonchev–Trinajstić information content (AvgIpc) is 2.50. The molecule has 0 saturated heterocycles. The molecule has 22 heavy (non-hydrogen) atoms. The van der Waals surface area contributed by atoms with Gasteiger partial charge < -0.3 is 14.2 Å². The Kier molecular flexibility index (Phi) is 5.62. The summed E-state index contributed by atoms with van der Waals surface area (Å²) in [6.07, 6.45) is 1.09. The first kappa shape index (κ1) is 17.2. The van der Waals surface area contributed by atoms with Gasteiger partial charge in [0.2, 0.25) is 0 Å². The molecule has 8 nitrogen and oxygen atoms in total. The summed E-state index contributed by atoms with van der Waals surface area (Å²) in [6, 6.07) is 2.46. The summed E-state index contributed by atoms with van der Waals surface area (Å²) in [7, 11) is 3.82. The zero-order chi connectivity index (χ0) is 16.9. The first-order chi connectivity index (χ1) is 10.3. The molecule has 0 saturated carbocycles. The fraction of sp³-hybridized carbons (Fsp3) is 0.286. The minimum Gasteiger partial charge on any atom is -0.493 e. The van der Waals surface area contributed by atoms with Gasteiger partial charge in [-0.2, -0.15) is 0 Å². The number of Topliss-reactive ketones (excluding diaryl/α,β-unsaturated/α-hetero) is 1. The number of hydrogen-bond donors (Lipinski definition) is 0. The number of carbonyl (C=O) groups is 2. The van der Waals surface area contributed by atoms with Crippen molar-refractivity contribution in [3.05, 3.63) is 33.4 Å². The summed E-state index contributed by atoms with van der Waals surface area (Å²) in [6.45, 7) is 1.16. The molecule has 0 unspecified atom stereocenters. The molecule has 8 heteroatoms. The highest BCUT2D eigenvalue weighted by atomic mass is 16.6. The van der Waals surface area contributed by atoms with Crippen LogP contribution in [0.25, 0.3) is 6.08 Å². The summed E-state index contributed by atoms with van der Waals surface area (Å²) in [4.78, 5) is 33.6. The summed E-state index contributed by atoms with van der Waals surface area (Å²) >= 11 is 0. The number of methoxy groups -OCH3 is 3. The monoisotopic (exact) mass is 309 g/mol. The van der Waals surface area contributed by atoms with E-state index in [1.165, 1.54) is 20.3 Å². The number of nitro groups is 1. The number of benzene rings is 1. The quantitative estimate of drug-likeness (QED) is 0.197. The van der Waals surface area contributed by atoms with Crippen LogP contribution in [0.3, 0.4) is 0 Å². The molecule has 0 aliphatic carbocycles. The van der Waals surface area contributed by atoms with Crippen molar-refractivity contribution in [2.75, 3.05) is 21.3 Å². The van der Waals surface area contributed by atoms with Crippen LogP contribution in [0.1, 0.15) is 12.5 Å². The van der Waals surface area contributed by atoms with E-state index in [-0.39, 0.29) is 28.3 Å². The van der Waals surface area contributed by atoms with Crippen LogP contribution in [-0.4, -0.2) is 38.0 Å². The predicted molar refractivity (Wildman–Crippen MR) is 76.9 cm³/mol. The van der Waals surface area contributed by atoms with E-state index in [1.54, 1.807) is 0 Å². The van der Waals surface area contributed by atoms with E-state index in [2.05, 4.69) is 4.74 Å². The largest absolute Gasteiger partial charge is 0.493 e. The zero-order valence-electron chi connectivity index (χ0n) is 12.5. The first-order valence-electron chi connectivity index (χ1n) is 6.07. The van der Waals surface area contributed by atoms with E-state index in [0.717, 1.165) is 26.2 Å². The van der Waals surface area contributed by atoms with Crippen molar-refractivity contribution in [1.82, 2.24) is 0 Å². The standard InChI is InChI=1S/C14H15NO7/c1-8(16)10(14(17)22-4)5-9-6-12(20-2)13(21-3)7-11(9)15(18)19/h5-7H,1-4H3. The van der Waals surface area contributed by atoms with Gasteiger partial charge in [-0.05, 0) is 19.1 Å². The molecule has 0 atom stereocenters. The normalized spacial score (nSPS) is 10.8. The number of rotatable bonds is 6. The molecule has 0 fully saturated rings. The molecule has 0 N–H and O–H groups in total. The van der Waals surface area contributed by atoms with Crippen molar-refractivity contribution in [3.8, 4) is 11.5 Å². The van der Waals surface area contributed by atoms with Crippen LogP contribution in [0, 0.1) is 10.1 Å². The number of hydrogen-bond acceptors (Lipinski definition) is 7. The summed E-state index contributed by atoms with van der Waals surface area (Å²) in [5.74, 6) is -1.06. The lowest BCUT2D eigenvalue weighted by molar-refractivity contribution is -0.385. The highest BCUT2D eigenvalue weighted by Crippen LogP contribution is 2.35. The van der Waals surface area contributed by atoms with Crippen molar-refractivity contribution in [2.45, 2.75) is 6.92 Å². The molecule has 0 amide bonds. The fourth-order valence-corrected chi connectivity index (χ4v) is 1.73. The fourth-order valence-electron chi connectivity index (χ4n) is 1.73. The number of nitro benzene ring substituents is 1. The highest BCUT2D eigenvalue weighted by molar-refractivity contribution is 6.20. The average molecular weight is 309 g/mol. The van der Waals surface area contributed by atoms with E-state index in [4.69, 9.17) is 9.47 Å². The van der Waals surface area contributed by atoms with Gasteiger partial charge >= 0.3 is 5.97 Å². The molecule has 1 aromatic rings. The molecule has 0 aromatic heterocycles. The van der Waals surface area contributed by atoms with Gasteiger partial charge in [0.05, 0.1) is 37.9 Å². The topological polar surface area (TPSA) is 105 Å². The Morgan fingerprint density at radius 3 is 2.09 bits per heavy atom. The van der Waals surface area contributed by atoms with Crippen LogP contribution in [0.15, 0.2) is 17.7 Å². The predicted octanol–water partition coefficient (Wildman–Crippen LogP) is 1.76. The number of esters is 1. The van der Waals surface area contributed by atoms with Crippen LogP contribution in [0.2, 0.25) is 0 Å². The molecule has 0 aliphatic heterocycles. The third-order valence-electron chi connectivity index (χ3n) is 2.81. The van der Waals surface area contributed by atoms with Gasteiger partial charge in [-0.3, -0.25) is 14.9 Å². The van der Waals surface area contributed by atoms with Gasteiger partial charge in [0.1, 0.15) is 5.57 Å². The molecule has 1 rings (SSSR count). The molecule has 0 spiro atoms. The summed E-state index contributed by atoms with van der Waals surface area (Å²) < 4.78 is 14.6. The SMILES string of the molecule is COC(=O)C(=Cc1cc(OC)c(OC)cc1[N+](=O)[O-])C(C)=O. The minimum atomic E-state index is -0.878. The minimum absolute atomic E-state index is 0.0262. The smallest absolute Gasteiger partial charge is 0.341 e. The molecular weight excluding hydrogens is 294 g/mol. The first-order valence-corrected chi connectivity index (χ1v) is 6.07. The van der Waals surface area contributed by atoms with E-state index in [9.17, 15) is 19.7 Å². The van der Waals surface area contributed by atoms with Crippen molar-refractivity contribution in [3.63, 3.8) is 0 Å². The highest BCUT2D eigenvalue weighted by Gasteiger charge is 2.22. The van der Waals surface area contributed by atoms with Crippen molar-refractivity contribution < 1.29 is 28.7 Å². The lowest BCUT2D eigenvalue weighted by Gasteiger charge is -2.09. The second kappa shape index (κ2) is 7.21. The van der Waals surface area contributed by atoms with Crippen molar-refractivity contribution in [1.29, 1.82) is 0 Å². The lowest BCUT2D eigenvalue weighted by Crippen LogP contribution is -2.11. The van der Waals surface area contributed by atoms with Gasteiger partial charge in [0, 0.05) is 0 Å². The molecule has 0 heterocycles. The van der Waals surface area contributed by atoms with Gasteiger partial charge in [0.25, 0.3) is 5.69 Å². The molecule has 0 aliphatic rings. The van der Waals surface area contributed by atoms with Crippen LogP contribution >= 0.6 is 0 Å². The van der Waals surface area contributed by atoms with Crippen LogP contribution in [0.4, 0.5) is 5.69 Å². The third kappa shape index (κ3) is 3.60. The second-order valence-corrected chi connectivity index (χ2v) is 4.13. The maximum Gasteiger partial charge on any atom is 0.341 e. The van der Waals surface area contributed by atoms with Crippen molar-refractivity contribution >= 4 is 23.5 Å². The zero-order valence-corrected chi connectivity index (χ0v) is 12.5. The number of ether oxygens (including phenoxy) is 3. The number of ketones is 1. The van der Waals surface area contributed by atoms with Crippen LogP contribution < -0.4 is 9.47 Å². The maximum atomic E-state index is 11.6. The van der Waals surface area contributed by atoms with Gasteiger partial charge in [0.15, 0.2) is 17.3 Å². The molecular formula is C14H15NO7. The molecule has 118 valence electrons. The number of nitrogens with zero attached hydrogens (tertiary/aromatic N) is 1. The summed E-state index contributed by atoms with van der Waals surface area (Å²) in [5, 5.41) is 11.2. The van der Waals surface area contributed by atoms with Crippen LogP contribution in [0.5, 0.6) is 11.5 Å². The van der Waals surface area contributed by atoms with Gasteiger partial charge in [-0.1, -0.05) is 0 Å². The lowest BCUT2D eigenvalue weighted by atomic mass is 10.1. The Bertz CT molecular complexity index is 649. The Labute approximate surface area is 126 Å². The Hall–Kier alpha value is -2.90. The van der Waals surface area contributed by atoms with E-state index < -0.39 is 16.7 Å². The Morgan fingerprint density at radius 2 is 1.68 bits per heavy atom. The number of carbonyl (C=O) groups excluding carboxylic acids is 2. The Morgan fingerprint density at radius 1 is 1.14 bits per heavy atom. The van der Waals surface area contributed by atoms with Gasteiger partial charge in [-0.15, -0.1) is 0 Å². The van der Waals surface area contributed by atoms with Crippen molar-refractivity contribution in [2.24, 2.45) is 0 Å². The summed E-state index contributed by atoms with van der Waals surface area (Å²) in [5.41, 5.74) is -0.614. The molecule has 0 radical (unpaired) electrons. The second-order valence-electron chi connectivity index (χ2n) is 4.13. The van der Waals surface area contributed by atoms with E-state index in [0.29, 0.717) is 0 Å². The third-order valence-corrected chi connectivity index (χ3v) is 2.81. The molecule has 0 bridgehead atoms. The van der Waals surface area contributed by atoms with Gasteiger partial charge in [-0.25, -0.2) is 4.79 Å². The molecule has 1 aromatic carbocycles. The van der Waals surface area contributed by atoms with E-state index in [1.807, 2.05) is 0 Å². The Balaban J connectivity index is 3.59. The van der Waals surface area contributed by atoms with Crippen LogP contribution in [-0.2, 0) is 14.3 Å². The maximum absolute atomic E-state index is 11.6. The van der Waals surface area contributed by atoms with E-state index >= 15 is 0 Å².